The van der Waals surface area contributed by atoms with E-state index in [0.717, 1.165) is 25.1 Å². The number of ether oxygens (including phenoxy) is 1. The molecule has 0 amide bonds. The zero-order chi connectivity index (χ0) is 14.3. The molecular formula is C17H21N3O. The zero-order valence-electron chi connectivity index (χ0n) is 12.2. The smallest absolute Gasteiger partial charge is 0.142 e. The molecule has 1 fully saturated rings. The monoisotopic (exact) mass is 283 g/mol. The molecule has 21 heavy (non-hydrogen) atoms. The second kappa shape index (κ2) is 7.18. The predicted octanol–water partition coefficient (Wildman–Crippen LogP) is 2.74. The summed E-state index contributed by atoms with van der Waals surface area (Å²) in [6.07, 6.45) is 11.9. The Labute approximate surface area is 125 Å². The van der Waals surface area contributed by atoms with Gasteiger partial charge in [0.2, 0.25) is 0 Å². The summed E-state index contributed by atoms with van der Waals surface area (Å²) in [4.78, 5) is 8.19. The van der Waals surface area contributed by atoms with E-state index in [9.17, 15) is 0 Å². The molecule has 0 spiro atoms. The first-order valence-corrected chi connectivity index (χ1v) is 7.60. The molecule has 4 nitrogen and oxygen atoms in total. The van der Waals surface area contributed by atoms with Crippen LogP contribution >= 0.6 is 0 Å². The van der Waals surface area contributed by atoms with Crippen molar-refractivity contribution in [2.75, 3.05) is 6.61 Å². The van der Waals surface area contributed by atoms with E-state index in [-0.39, 0.29) is 0 Å². The van der Waals surface area contributed by atoms with Gasteiger partial charge in [-0.2, -0.15) is 0 Å². The third-order valence-electron chi connectivity index (χ3n) is 3.65. The summed E-state index contributed by atoms with van der Waals surface area (Å²) in [5.41, 5.74) is 2.50. The second-order valence-electron chi connectivity index (χ2n) is 5.45. The van der Waals surface area contributed by atoms with Crippen LogP contribution in [0.25, 0.3) is 0 Å². The lowest BCUT2D eigenvalue weighted by molar-refractivity contribution is 0.306. The molecule has 2 aromatic rings. The van der Waals surface area contributed by atoms with Crippen LogP contribution in [0.15, 0.2) is 43.0 Å². The molecule has 2 heterocycles. The Hall–Kier alpha value is -1.94. The van der Waals surface area contributed by atoms with E-state index in [1.807, 2.05) is 30.9 Å². The maximum atomic E-state index is 5.89. The van der Waals surface area contributed by atoms with Crippen LogP contribution in [0.3, 0.4) is 0 Å². The van der Waals surface area contributed by atoms with E-state index in [1.54, 1.807) is 0 Å². The summed E-state index contributed by atoms with van der Waals surface area (Å²) < 4.78 is 5.89. The molecule has 0 atom stereocenters. The topological polar surface area (TPSA) is 47.0 Å². The number of aromatic nitrogens is 2. The molecule has 1 aliphatic carbocycles. The van der Waals surface area contributed by atoms with Crippen molar-refractivity contribution in [3.63, 3.8) is 0 Å². The summed E-state index contributed by atoms with van der Waals surface area (Å²) in [5.74, 6) is 0.903. The molecule has 1 aliphatic rings. The molecule has 0 radical (unpaired) electrons. The van der Waals surface area contributed by atoms with Gasteiger partial charge in [-0.3, -0.25) is 9.97 Å². The minimum absolute atomic E-state index is 0.706. The van der Waals surface area contributed by atoms with Crippen LogP contribution in [-0.4, -0.2) is 22.6 Å². The van der Waals surface area contributed by atoms with Gasteiger partial charge < -0.3 is 10.1 Å². The van der Waals surface area contributed by atoms with Crippen molar-refractivity contribution in [3.8, 4) is 5.75 Å². The lowest BCUT2D eigenvalue weighted by Gasteiger charge is -2.11. The van der Waals surface area contributed by atoms with E-state index < -0.39 is 0 Å². The quantitative estimate of drug-likeness (QED) is 0.757. The minimum atomic E-state index is 0.706. The number of pyridine rings is 2. The van der Waals surface area contributed by atoms with Crippen molar-refractivity contribution in [1.82, 2.24) is 15.3 Å². The van der Waals surface area contributed by atoms with Gasteiger partial charge in [-0.1, -0.05) is 0 Å². The number of nitrogens with one attached hydrogen (secondary N) is 1. The normalized spacial score (nSPS) is 14.1. The van der Waals surface area contributed by atoms with Gasteiger partial charge in [0.1, 0.15) is 5.75 Å². The van der Waals surface area contributed by atoms with E-state index in [0.29, 0.717) is 12.6 Å². The van der Waals surface area contributed by atoms with E-state index in [2.05, 4.69) is 27.4 Å². The van der Waals surface area contributed by atoms with Gasteiger partial charge in [-0.15, -0.1) is 0 Å². The highest BCUT2D eigenvalue weighted by Gasteiger charge is 2.20. The molecule has 110 valence electrons. The zero-order valence-corrected chi connectivity index (χ0v) is 12.2. The van der Waals surface area contributed by atoms with Gasteiger partial charge in [0, 0.05) is 36.7 Å². The molecule has 0 bridgehead atoms. The summed E-state index contributed by atoms with van der Waals surface area (Å²) in [5, 5.41) is 3.51. The lowest BCUT2D eigenvalue weighted by Crippen LogP contribution is -2.16. The maximum Gasteiger partial charge on any atom is 0.142 e. The molecule has 0 aliphatic heterocycles. The fourth-order valence-electron chi connectivity index (χ4n) is 2.23. The van der Waals surface area contributed by atoms with Crippen LogP contribution in [0.5, 0.6) is 5.75 Å². The fraction of sp³-hybridized carbons (Fsp3) is 0.412. The summed E-state index contributed by atoms with van der Waals surface area (Å²) in [7, 11) is 0. The van der Waals surface area contributed by atoms with Crippen LogP contribution in [0.4, 0.5) is 0 Å². The summed E-state index contributed by atoms with van der Waals surface area (Å²) in [6.45, 7) is 1.58. The molecule has 0 saturated heterocycles. The first kappa shape index (κ1) is 14.0. The Morgan fingerprint density at radius 1 is 1.10 bits per heavy atom. The highest BCUT2D eigenvalue weighted by Crippen LogP contribution is 2.22. The number of hydrogen-bond donors (Lipinski definition) is 1. The lowest BCUT2D eigenvalue weighted by atomic mass is 10.1. The first-order chi connectivity index (χ1) is 10.4. The van der Waals surface area contributed by atoms with Crippen molar-refractivity contribution < 1.29 is 4.74 Å². The number of hydrogen-bond acceptors (Lipinski definition) is 4. The highest BCUT2D eigenvalue weighted by atomic mass is 16.5. The average molecular weight is 283 g/mol. The van der Waals surface area contributed by atoms with Gasteiger partial charge in [-0.25, -0.2) is 0 Å². The molecule has 0 unspecified atom stereocenters. The average Bonchev–Trinajstić information content (AvgIpc) is 3.36. The predicted molar refractivity (Wildman–Crippen MR) is 82.2 cm³/mol. The van der Waals surface area contributed by atoms with Crippen LogP contribution in [0.1, 0.15) is 30.4 Å². The molecule has 3 rings (SSSR count). The van der Waals surface area contributed by atoms with Gasteiger partial charge in [0.15, 0.2) is 0 Å². The summed E-state index contributed by atoms with van der Waals surface area (Å²) in [6, 6.07) is 6.84. The maximum absolute atomic E-state index is 5.89. The van der Waals surface area contributed by atoms with Gasteiger partial charge in [-0.05, 0) is 49.4 Å². The van der Waals surface area contributed by atoms with Crippen LogP contribution in [0.2, 0.25) is 0 Å². The first-order valence-electron chi connectivity index (χ1n) is 7.60. The molecular weight excluding hydrogens is 262 g/mol. The largest absolute Gasteiger partial charge is 0.492 e. The minimum Gasteiger partial charge on any atom is -0.492 e. The SMILES string of the molecule is c1cc(CCCOc2cnccc2CNC2CC2)ccn1. The number of rotatable bonds is 8. The van der Waals surface area contributed by atoms with E-state index >= 15 is 0 Å². The van der Waals surface area contributed by atoms with Gasteiger partial charge in [0.25, 0.3) is 0 Å². The standard InChI is InChI=1S/C17H21N3O/c1(2-14-5-8-18-9-6-14)11-21-17-13-19-10-7-15(17)12-20-16-3-4-16/h5-10,13,16,20H,1-4,11-12H2. The second-order valence-corrected chi connectivity index (χ2v) is 5.45. The summed E-state index contributed by atoms with van der Waals surface area (Å²) >= 11 is 0. The Morgan fingerprint density at radius 3 is 2.71 bits per heavy atom. The van der Waals surface area contributed by atoms with Gasteiger partial charge in [0.05, 0.1) is 12.8 Å². The highest BCUT2D eigenvalue weighted by molar-refractivity contribution is 5.29. The number of nitrogens with zero attached hydrogens (tertiary/aromatic N) is 2. The third-order valence-corrected chi connectivity index (χ3v) is 3.65. The Morgan fingerprint density at radius 2 is 1.90 bits per heavy atom. The molecule has 1 saturated carbocycles. The van der Waals surface area contributed by atoms with Crippen LogP contribution < -0.4 is 10.1 Å². The van der Waals surface area contributed by atoms with Crippen molar-refractivity contribution >= 4 is 0 Å². The van der Waals surface area contributed by atoms with Crippen molar-refractivity contribution in [3.05, 3.63) is 54.1 Å². The van der Waals surface area contributed by atoms with Gasteiger partial charge >= 0.3 is 0 Å². The fourth-order valence-corrected chi connectivity index (χ4v) is 2.23. The van der Waals surface area contributed by atoms with E-state index in [4.69, 9.17) is 4.74 Å². The number of aryl methyl sites for hydroxylation is 1. The molecule has 4 heteroatoms. The van der Waals surface area contributed by atoms with Crippen LogP contribution in [0, 0.1) is 0 Å². The molecule has 2 aromatic heterocycles. The van der Waals surface area contributed by atoms with Crippen LogP contribution in [-0.2, 0) is 13.0 Å². The Bertz CT molecular complexity index is 555. The van der Waals surface area contributed by atoms with Crippen molar-refractivity contribution in [1.29, 1.82) is 0 Å². The Kier molecular flexibility index (Phi) is 4.79. The van der Waals surface area contributed by atoms with Crippen molar-refractivity contribution in [2.45, 2.75) is 38.3 Å². The Balaban J connectivity index is 1.45. The van der Waals surface area contributed by atoms with Crippen molar-refractivity contribution in [2.24, 2.45) is 0 Å². The third kappa shape index (κ3) is 4.53. The molecule has 0 aromatic carbocycles. The molecule has 1 N–H and O–H groups in total. The van der Waals surface area contributed by atoms with E-state index in [1.165, 1.54) is 24.0 Å².